The van der Waals surface area contributed by atoms with Crippen LogP contribution < -0.4 is 0 Å². The van der Waals surface area contributed by atoms with E-state index in [4.69, 9.17) is 5.11 Å². The normalized spacial score (nSPS) is 9.75. The summed E-state index contributed by atoms with van der Waals surface area (Å²) in [5.74, 6) is -0.285. The standard InChI is InChI=1S/C7H7NO3S/c1-12-6-4-2-3-5(9)7(6)8(10)11/h2-4,9H,1H3. The fourth-order valence-corrected chi connectivity index (χ4v) is 1.45. The van der Waals surface area contributed by atoms with E-state index in [0.29, 0.717) is 4.90 Å². The molecule has 0 radical (unpaired) electrons. The monoisotopic (exact) mass is 185 g/mol. The molecule has 1 N–H and O–H groups in total. The van der Waals surface area contributed by atoms with Crippen molar-refractivity contribution in [3.8, 4) is 5.75 Å². The van der Waals surface area contributed by atoms with E-state index in [-0.39, 0.29) is 11.4 Å². The number of aromatic hydroxyl groups is 1. The highest BCUT2D eigenvalue weighted by Gasteiger charge is 2.17. The van der Waals surface area contributed by atoms with E-state index in [1.807, 2.05) is 0 Å². The zero-order chi connectivity index (χ0) is 9.14. The summed E-state index contributed by atoms with van der Waals surface area (Å²) < 4.78 is 0. The molecule has 1 aromatic carbocycles. The van der Waals surface area contributed by atoms with Crippen molar-refractivity contribution >= 4 is 17.4 Å². The summed E-state index contributed by atoms with van der Waals surface area (Å²) in [6.07, 6.45) is 1.72. The molecule has 0 aliphatic carbocycles. The molecule has 0 aromatic heterocycles. The van der Waals surface area contributed by atoms with Crippen molar-refractivity contribution in [2.24, 2.45) is 0 Å². The lowest BCUT2D eigenvalue weighted by atomic mass is 10.3. The van der Waals surface area contributed by atoms with Gasteiger partial charge in [0.15, 0.2) is 5.75 Å². The first-order valence-corrected chi connectivity index (χ1v) is 4.39. The van der Waals surface area contributed by atoms with Crippen LogP contribution in [0.5, 0.6) is 5.75 Å². The van der Waals surface area contributed by atoms with Gasteiger partial charge in [0.05, 0.1) is 9.82 Å². The van der Waals surface area contributed by atoms with Gasteiger partial charge in [-0.05, 0) is 18.4 Å². The van der Waals surface area contributed by atoms with Gasteiger partial charge in [0.25, 0.3) is 0 Å². The molecule has 0 saturated heterocycles. The number of nitrogens with zero attached hydrogens (tertiary/aromatic N) is 1. The summed E-state index contributed by atoms with van der Waals surface area (Å²) in [5.41, 5.74) is -0.218. The van der Waals surface area contributed by atoms with Crippen molar-refractivity contribution in [2.45, 2.75) is 4.90 Å². The molecule has 0 spiro atoms. The Labute approximate surface area is 73.4 Å². The minimum absolute atomic E-state index is 0.218. The van der Waals surface area contributed by atoms with Gasteiger partial charge < -0.3 is 5.11 Å². The summed E-state index contributed by atoms with van der Waals surface area (Å²) in [7, 11) is 0. The van der Waals surface area contributed by atoms with Crippen LogP contribution in [0, 0.1) is 10.1 Å². The molecule has 12 heavy (non-hydrogen) atoms. The zero-order valence-electron chi connectivity index (χ0n) is 6.35. The molecule has 64 valence electrons. The Bertz CT molecular complexity index is 314. The summed E-state index contributed by atoms with van der Waals surface area (Å²) in [4.78, 5) is 10.3. The molecule has 5 heteroatoms. The third kappa shape index (κ3) is 1.50. The smallest absolute Gasteiger partial charge is 0.324 e. The average Bonchev–Trinajstić information content (AvgIpc) is 2.03. The van der Waals surface area contributed by atoms with Crippen LogP contribution in [-0.4, -0.2) is 16.3 Å². The Kier molecular flexibility index (Phi) is 2.54. The summed E-state index contributed by atoms with van der Waals surface area (Å²) in [6.45, 7) is 0. The van der Waals surface area contributed by atoms with Crippen LogP contribution in [0.1, 0.15) is 0 Å². The third-order valence-corrected chi connectivity index (χ3v) is 2.15. The lowest BCUT2D eigenvalue weighted by molar-refractivity contribution is -0.388. The quantitative estimate of drug-likeness (QED) is 0.435. The third-order valence-electron chi connectivity index (χ3n) is 1.38. The maximum atomic E-state index is 10.4. The minimum atomic E-state index is -0.582. The van der Waals surface area contributed by atoms with E-state index in [2.05, 4.69) is 0 Å². The van der Waals surface area contributed by atoms with E-state index >= 15 is 0 Å². The van der Waals surface area contributed by atoms with Gasteiger partial charge in [-0.2, -0.15) is 0 Å². The first kappa shape index (κ1) is 8.86. The van der Waals surface area contributed by atoms with Gasteiger partial charge in [0.2, 0.25) is 0 Å². The van der Waals surface area contributed by atoms with Gasteiger partial charge >= 0.3 is 5.69 Å². The highest BCUT2D eigenvalue weighted by molar-refractivity contribution is 7.98. The molecule has 0 amide bonds. The van der Waals surface area contributed by atoms with E-state index < -0.39 is 4.92 Å². The van der Waals surface area contributed by atoms with Crippen LogP contribution in [-0.2, 0) is 0 Å². The van der Waals surface area contributed by atoms with Crippen LogP contribution in [0.3, 0.4) is 0 Å². The first-order chi connectivity index (χ1) is 5.66. The topological polar surface area (TPSA) is 63.4 Å². The van der Waals surface area contributed by atoms with Crippen molar-refractivity contribution in [3.63, 3.8) is 0 Å². The molecule has 0 aliphatic rings. The molecule has 0 unspecified atom stereocenters. The van der Waals surface area contributed by atoms with Gasteiger partial charge in [-0.3, -0.25) is 10.1 Å². The predicted octanol–water partition coefficient (Wildman–Crippen LogP) is 2.02. The number of nitro groups is 1. The highest BCUT2D eigenvalue weighted by Crippen LogP contribution is 2.34. The Morgan fingerprint density at radius 1 is 1.58 bits per heavy atom. The molecular weight excluding hydrogens is 178 g/mol. The van der Waals surface area contributed by atoms with Crippen LogP contribution in [0.15, 0.2) is 23.1 Å². The van der Waals surface area contributed by atoms with Crippen molar-refractivity contribution < 1.29 is 10.0 Å². The molecule has 0 atom stereocenters. The number of phenols is 1. The Morgan fingerprint density at radius 2 is 2.25 bits per heavy atom. The molecule has 4 nitrogen and oxygen atoms in total. The lowest BCUT2D eigenvalue weighted by Crippen LogP contribution is -1.90. The van der Waals surface area contributed by atoms with Crippen molar-refractivity contribution in [1.82, 2.24) is 0 Å². The maximum absolute atomic E-state index is 10.4. The van der Waals surface area contributed by atoms with Gasteiger partial charge in [0.1, 0.15) is 0 Å². The lowest BCUT2D eigenvalue weighted by Gasteiger charge is -1.99. The molecule has 0 bridgehead atoms. The summed E-state index contributed by atoms with van der Waals surface area (Å²) >= 11 is 1.24. The molecular formula is C7H7NO3S. The van der Waals surface area contributed by atoms with E-state index in [9.17, 15) is 10.1 Å². The van der Waals surface area contributed by atoms with Gasteiger partial charge in [-0.1, -0.05) is 6.07 Å². The first-order valence-electron chi connectivity index (χ1n) is 3.17. The van der Waals surface area contributed by atoms with Gasteiger partial charge in [-0.25, -0.2) is 0 Å². The number of phenolic OH excluding ortho intramolecular Hbond substituents is 1. The average molecular weight is 185 g/mol. The fourth-order valence-electron chi connectivity index (χ4n) is 0.859. The Morgan fingerprint density at radius 3 is 2.67 bits per heavy atom. The zero-order valence-corrected chi connectivity index (χ0v) is 7.17. The second kappa shape index (κ2) is 3.44. The molecule has 0 heterocycles. The van der Waals surface area contributed by atoms with Crippen molar-refractivity contribution in [1.29, 1.82) is 0 Å². The van der Waals surface area contributed by atoms with E-state index in [1.165, 1.54) is 17.8 Å². The second-order valence-corrected chi connectivity index (χ2v) is 2.93. The van der Waals surface area contributed by atoms with Crippen LogP contribution >= 0.6 is 11.8 Å². The number of thioether (sulfide) groups is 1. The summed E-state index contributed by atoms with van der Waals surface area (Å²) in [6, 6.07) is 4.48. The number of hydrogen-bond donors (Lipinski definition) is 1. The number of rotatable bonds is 2. The van der Waals surface area contributed by atoms with Crippen molar-refractivity contribution in [3.05, 3.63) is 28.3 Å². The Balaban J connectivity index is 3.29. The number of para-hydroxylation sites is 1. The molecule has 1 aromatic rings. The maximum Gasteiger partial charge on any atom is 0.324 e. The number of hydrogen-bond acceptors (Lipinski definition) is 4. The Hall–Kier alpha value is -1.23. The van der Waals surface area contributed by atoms with E-state index in [1.54, 1.807) is 18.4 Å². The SMILES string of the molecule is CSc1cccc(O)c1[N+](=O)[O-]. The van der Waals surface area contributed by atoms with E-state index in [0.717, 1.165) is 0 Å². The fraction of sp³-hybridized carbons (Fsp3) is 0.143. The van der Waals surface area contributed by atoms with Crippen LogP contribution in [0.25, 0.3) is 0 Å². The molecule has 0 saturated carbocycles. The van der Waals surface area contributed by atoms with Gasteiger partial charge in [0, 0.05) is 0 Å². The van der Waals surface area contributed by atoms with Gasteiger partial charge in [-0.15, -0.1) is 11.8 Å². The van der Waals surface area contributed by atoms with Crippen molar-refractivity contribution in [2.75, 3.05) is 6.26 Å². The summed E-state index contributed by atoms with van der Waals surface area (Å²) in [5, 5.41) is 19.6. The number of benzene rings is 1. The number of nitro benzene ring substituents is 1. The van der Waals surface area contributed by atoms with Crippen LogP contribution in [0.4, 0.5) is 5.69 Å². The van der Waals surface area contributed by atoms with Crippen LogP contribution in [0.2, 0.25) is 0 Å². The minimum Gasteiger partial charge on any atom is -0.502 e. The molecule has 0 fully saturated rings. The predicted molar refractivity (Wildman–Crippen MR) is 46.5 cm³/mol. The second-order valence-electron chi connectivity index (χ2n) is 2.09. The highest BCUT2D eigenvalue weighted by atomic mass is 32.2. The molecule has 0 aliphatic heterocycles. The molecule has 1 rings (SSSR count). The largest absolute Gasteiger partial charge is 0.502 e.